The standard InChI is InChI=1S/C26H43N3O4/c1-4-5-6-7-8-9-10-11-12-16-19-22(30-2)24-25(23(28-29-27)26(31-3)33-24)32-20-21-17-14-13-15-18-21/h13-15,17-18,22-26H,4-12,16,19-20H2,1-3H3/t22-,23-,24?,25?,26-/m0/s1. The van der Waals surface area contributed by atoms with E-state index in [0.717, 1.165) is 18.4 Å². The molecule has 1 heterocycles. The number of methoxy groups -OCH3 is 2. The molecule has 7 heteroatoms. The van der Waals surface area contributed by atoms with Crippen molar-refractivity contribution in [2.45, 2.75) is 115 Å². The molecule has 0 saturated carbocycles. The van der Waals surface area contributed by atoms with Crippen molar-refractivity contribution in [3.63, 3.8) is 0 Å². The molecule has 1 saturated heterocycles. The Morgan fingerprint density at radius 2 is 1.61 bits per heavy atom. The van der Waals surface area contributed by atoms with E-state index < -0.39 is 18.4 Å². The van der Waals surface area contributed by atoms with Crippen LogP contribution in [0.25, 0.3) is 10.4 Å². The number of rotatable bonds is 18. The van der Waals surface area contributed by atoms with E-state index in [1.165, 1.54) is 57.8 Å². The summed E-state index contributed by atoms with van der Waals surface area (Å²) < 4.78 is 23.7. The molecule has 1 aromatic carbocycles. The van der Waals surface area contributed by atoms with Gasteiger partial charge in [0.25, 0.3) is 0 Å². The minimum Gasteiger partial charge on any atom is -0.379 e. The van der Waals surface area contributed by atoms with E-state index in [9.17, 15) is 0 Å². The number of nitrogens with zero attached hydrogens (tertiary/aromatic N) is 3. The molecule has 1 fully saturated rings. The van der Waals surface area contributed by atoms with E-state index in [0.29, 0.717) is 6.61 Å². The Bertz CT molecular complexity index is 669. The van der Waals surface area contributed by atoms with Crippen LogP contribution in [0.5, 0.6) is 0 Å². The van der Waals surface area contributed by atoms with Gasteiger partial charge in [-0.05, 0) is 17.5 Å². The summed E-state index contributed by atoms with van der Waals surface area (Å²) in [6, 6.07) is 9.40. The van der Waals surface area contributed by atoms with Crippen molar-refractivity contribution in [2.24, 2.45) is 5.11 Å². The van der Waals surface area contributed by atoms with Crippen molar-refractivity contribution in [2.75, 3.05) is 14.2 Å². The summed E-state index contributed by atoms with van der Waals surface area (Å²) in [7, 11) is 3.27. The van der Waals surface area contributed by atoms with Gasteiger partial charge in [-0.25, -0.2) is 0 Å². The third-order valence-electron chi connectivity index (χ3n) is 6.44. The maximum absolute atomic E-state index is 9.09. The molecule has 0 aromatic heterocycles. The van der Waals surface area contributed by atoms with Crippen molar-refractivity contribution in [3.8, 4) is 0 Å². The lowest BCUT2D eigenvalue weighted by atomic mass is 9.98. The summed E-state index contributed by atoms with van der Waals surface area (Å²) in [6.45, 7) is 2.67. The molecule has 0 N–H and O–H groups in total. The fourth-order valence-electron chi connectivity index (χ4n) is 4.55. The summed E-state index contributed by atoms with van der Waals surface area (Å²) in [4.78, 5) is 3.01. The van der Waals surface area contributed by atoms with Crippen LogP contribution in [0.4, 0.5) is 0 Å². The highest BCUT2D eigenvalue weighted by molar-refractivity contribution is 5.13. The average Bonchev–Trinajstić information content (AvgIpc) is 3.19. The van der Waals surface area contributed by atoms with Gasteiger partial charge in [0.2, 0.25) is 0 Å². The molecule has 0 spiro atoms. The topological polar surface area (TPSA) is 85.7 Å². The fourth-order valence-corrected chi connectivity index (χ4v) is 4.55. The van der Waals surface area contributed by atoms with Gasteiger partial charge in [0.1, 0.15) is 18.2 Å². The van der Waals surface area contributed by atoms with Crippen LogP contribution in [0.3, 0.4) is 0 Å². The van der Waals surface area contributed by atoms with Crippen molar-refractivity contribution < 1.29 is 18.9 Å². The highest BCUT2D eigenvalue weighted by atomic mass is 16.7. The van der Waals surface area contributed by atoms with E-state index in [1.807, 2.05) is 30.3 Å². The molecule has 0 amide bonds. The largest absolute Gasteiger partial charge is 0.379 e. The van der Waals surface area contributed by atoms with Crippen molar-refractivity contribution in [1.82, 2.24) is 0 Å². The molecule has 1 aliphatic rings. The Kier molecular flexibility index (Phi) is 14.1. The Balaban J connectivity index is 1.84. The molecule has 1 aliphatic heterocycles. The second kappa shape index (κ2) is 16.9. The number of hydrogen-bond donors (Lipinski definition) is 0. The summed E-state index contributed by atoms with van der Waals surface area (Å²) in [6.07, 6.45) is 12.2. The lowest BCUT2D eigenvalue weighted by Crippen LogP contribution is -2.41. The number of unbranched alkanes of at least 4 members (excludes halogenated alkanes) is 9. The highest BCUT2D eigenvalue weighted by Gasteiger charge is 2.48. The second-order valence-electron chi connectivity index (χ2n) is 8.91. The van der Waals surface area contributed by atoms with Gasteiger partial charge in [0.15, 0.2) is 6.29 Å². The third kappa shape index (κ3) is 9.63. The van der Waals surface area contributed by atoms with Crippen LogP contribution >= 0.6 is 0 Å². The van der Waals surface area contributed by atoms with E-state index in [-0.39, 0.29) is 12.2 Å². The second-order valence-corrected chi connectivity index (χ2v) is 8.91. The molecule has 33 heavy (non-hydrogen) atoms. The Morgan fingerprint density at radius 3 is 2.18 bits per heavy atom. The number of azide groups is 1. The van der Waals surface area contributed by atoms with Gasteiger partial charge >= 0.3 is 0 Å². The summed E-state index contributed by atoms with van der Waals surface area (Å²) >= 11 is 0. The van der Waals surface area contributed by atoms with Crippen LogP contribution in [0.15, 0.2) is 35.4 Å². The molecule has 2 unspecified atom stereocenters. The summed E-state index contributed by atoms with van der Waals surface area (Å²) in [5.74, 6) is 0. The smallest absolute Gasteiger partial charge is 0.168 e. The number of ether oxygens (including phenoxy) is 4. The predicted molar refractivity (Wildman–Crippen MR) is 131 cm³/mol. The van der Waals surface area contributed by atoms with Gasteiger partial charge in [-0.3, -0.25) is 0 Å². The third-order valence-corrected chi connectivity index (χ3v) is 6.44. The van der Waals surface area contributed by atoms with Gasteiger partial charge in [-0.2, -0.15) is 0 Å². The Morgan fingerprint density at radius 1 is 0.970 bits per heavy atom. The van der Waals surface area contributed by atoms with Gasteiger partial charge < -0.3 is 18.9 Å². The van der Waals surface area contributed by atoms with E-state index >= 15 is 0 Å². The molecule has 1 aromatic rings. The maximum Gasteiger partial charge on any atom is 0.168 e. The van der Waals surface area contributed by atoms with Crippen LogP contribution < -0.4 is 0 Å². The van der Waals surface area contributed by atoms with Crippen molar-refractivity contribution in [3.05, 3.63) is 46.3 Å². The lowest BCUT2D eigenvalue weighted by Gasteiger charge is -2.27. The predicted octanol–water partition coefficient (Wildman–Crippen LogP) is 6.95. The van der Waals surface area contributed by atoms with Crippen LogP contribution in [0.1, 0.15) is 83.1 Å². The zero-order chi connectivity index (χ0) is 23.7. The van der Waals surface area contributed by atoms with E-state index in [4.69, 9.17) is 24.5 Å². The molecule has 0 radical (unpaired) electrons. The van der Waals surface area contributed by atoms with E-state index in [1.54, 1.807) is 14.2 Å². The average molecular weight is 462 g/mol. The quantitative estimate of drug-likeness (QED) is 0.102. The first-order valence-corrected chi connectivity index (χ1v) is 12.7. The van der Waals surface area contributed by atoms with Gasteiger partial charge in [0.05, 0.1) is 12.7 Å². The van der Waals surface area contributed by atoms with Gasteiger partial charge in [-0.1, -0.05) is 107 Å². The van der Waals surface area contributed by atoms with Crippen LogP contribution in [-0.4, -0.2) is 44.9 Å². The number of hydrogen-bond acceptors (Lipinski definition) is 5. The van der Waals surface area contributed by atoms with Crippen molar-refractivity contribution >= 4 is 0 Å². The maximum atomic E-state index is 9.09. The molecule has 7 nitrogen and oxygen atoms in total. The van der Waals surface area contributed by atoms with Crippen LogP contribution in [0, 0.1) is 0 Å². The highest BCUT2D eigenvalue weighted by Crippen LogP contribution is 2.32. The molecule has 2 rings (SSSR count). The minimum atomic E-state index is -0.642. The zero-order valence-electron chi connectivity index (χ0n) is 20.7. The molecule has 0 aliphatic carbocycles. The monoisotopic (exact) mass is 461 g/mol. The fraction of sp³-hybridized carbons (Fsp3) is 0.769. The molecule has 5 atom stereocenters. The summed E-state index contributed by atoms with van der Waals surface area (Å²) in [5, 5.41) is 3.94. The Hall–Kier alpha value is -1.63. The van der Waals surface area contributed by atoms with E-state index in [2.05, 4.69) is 16.9 Å². The number of benzene rings is 1. The zero-order valence-corrected chi connectivity index (χ0v) is 20.7. The van der Waals surface area contributed by atoms with Gasteiger partial charge in [-0.15, -0.1) is 0 Å². The lowest BCUT2D eigenvalue weighted by molar-refractivity contribution is -0.157. The summed E-state index contributed by atoms with van der Waals surface area (Å²) in [5.41, 5.74) is 10.1. The van der Waals surface area contributed by atoms with Crippen LogP contribution in [-0.2, 0) is 25.6 Å². The normalized spacial score (nSPS) is 23.4. The minimum absolute atomic E-state index is 0.142. The molecule has 0 bridgehead atoms. The van der Waals surface area contributed by atoms with Gasteiger partial charge in [0, 0.05) is 19.1 Å². The Labute approximate surface area is 199 Å². The van der Waals surface area contributed by atoms with Crippen LogP contribution in [0.2, 0.25) is 0 Å². The molecule has 186 valence electrons. The van der Waals surface area contributed by atoms with Crippen molar-refractivity contribution in [1.29, 1.82) is 0 Å². The first-order valence-electron chi connectivity index (χ1n) is 12.7. The first kappa shape index (κ1) is 27.6. The first-order chi connectivity index (χ1) is 16.2. The molecular formula is C26H43N3O4. The molecular weight excluding hydrogens is 418 g/mol. The SMILES string of the molecule is CCCCCCCCCCCC[C@H](OC)C1O[C@H](OC)[C@@H](N=[N+]=[N-])C1OCc1ccccc1.